The molecule has 0 saturated heterocycles. The van der Waals surface area contributed by atoms with E-state index < -0.39 is 11.2 Å². The maximum atomic E-state index is 11.8. The Morgan fingerprint density at radius 3 is 2.57 bits per heavy atom. The van der Waals surface area contributed by atoms with Gasteiger partial charge in [0.1, 0.15) is 17.1 Å². The number of nitrogens with zero attached hydrogens (tertiary/aromatic N) is 2. The van der Waals surface area contributed by atoms with Gasteiger partial charge in [-0.05, 0) is 31.2 Å². The van der Waals surface area contributed by atoms with Gasteiger partial charge in [0.05, 0.1) is 6.61 Å². The number of hydrogen-bond donors (Lipinski definition) is 2. The second-order valence-corrected chi connectivity index (χ2v) is 4.56. The number of imidazole rings is 1. The van der Waals surface area contributed by atoms with Gasteiger partial charge in [-0.2, -0.15) is 0 Å². The molecule has 2 N–H and O–H groups in total. The summed E-state index contributed by atoms with van der Waals surface area (Å²) in [5, 5.41) is 0. The van der Waals surface area contributed by atoms with Crippen molar-refractivity contribution in [3.63, 3.8) is 0 Å². The highest BCUT2D eigenvalue weighted by Crippen LogP contribution is 2.21. The minimum absolute atomic E-state index is 0.279. The number of hydrogen-bond acceptors (Lipinski definition) is 4. The van der Waals surface area contributed by atoms with Crippen LogP contribution >= 0.6 is 0 Å². The minimum Gasteiger partial charge on any atom is -0.494 e. The van der Waals surface area contributed by atoms with Crippen molar-refractivity contribution in [3.05, 3.63) is 45.1 Å². The number of aryl methyl sites for hydroxylation is 1. The van der Waals surface area contributed by atoms with Crippen LogP contribution in [0.15, 0.2) is 33.9 Å². The van der Waals surface area contributed by atoms with Crippen LogP contribution in [0, 0.1) is 0 Å². The first kappa shape index (κ1) is 13.2. The molecule has 3 aromatic rings. The molecule has 3 rings (SSSR count). The van der Waals surface area contributed by atoms with Gasteiger partial charge in [0, 0.05) is 12.6 Å². The predicted octanol–water partition coefficient (Wildman–Crippen LogP) is 1.02. The van der Waals surface area contributed by atoms with Gasteiger partial charge >= 0.3 is 5.69 Å². The Labute approximate surface area is 119 Å². The maximum absolute atomic E-state index is 11.8. The zero-order valence-corrected chi connectivity index (χ0v) is 11.6. The van der Waals surface area contributed by atoms with Crippen molar-refractivity contribution in [1.82, 2.24) is 19.5 Å². The third kappa shape index (κ3) is 2.22. The smallest absolute Gasteiger partial charge is 0.329 e. The van der Waals surface area contributed by atoms with E-state index in [2.05, 4.69) is 15.0 Å². The summed E-state index contributed by atoms with van der Waals surface area (Å²) < 4.78 is 6.68. The molecule has 0 unspecified atom stereocenters. The van der Waals surface area contributed by atoms with E-state index in [4.69, 9.17) is 4.74 Å². The summed E-state index contributed by atoms with van der Waals surface area (Å²) >= 11 is 0. The number of H-pyrrole nitrogens is 2. The van der Waals surface area contributed by atoms with Gasteiger partial charge in [0.25, 0.3) is 5.56 Å². The van der Waals surface area contributed by atoms with Crippen molar-refractivity contribution in [3.8, 4) is 17.1 Å². The van der Waals surface area contributed by atoms with E-state index in [1.165, 1.54) is 4.57 Å². The molecule has 0 spiro atoms. The highest BCUT2D eigenvalue weighted by molar-refractivity contribution is 5.75. The molecular weight excluding hydrogens is 272 g/mol. The summed E-state index contributed by atoms with van der Waals surface area (Å²) in [4.78, 5) is 32.8. The molecule has 2 heterocycles. The van der Waals surface area contributed by atoms with Gasteiger partial charge in [0.2, 0.25) is 0 Å². The van der Waals surface area contributed by atoms with Crippen LogP contribution in [0.1, 0.15) is 6.92 Å². The second kappa shape index (κ2) is 4.93. The summed E-state index contributed by atoms with van der Waals surface area (Å²) in [6.45, 7) is 2.52. The monoisotopic (exact) mass is 286 g/mol. The number of aromatic amines is 2. The number of benzene rings is 1. The van der Waals surface area contributed by atoms with E-state index in [-0.39, 0.29) is 5.52 Å². The summed E-state index contributed by atoms with van der Waals surface area (Å²) in [5.41, 5.74) is 0.449. The molecular formula is C14H14N4O3. The van der Waals surface area contributed by atoms with Crippen LogP contribution in [0.25, 0.3) is 22.6 Å². The van der Waals surface area contributed by atoms with Crippen molar-refractivity contribution in [2.24, 2.45) is 7.05 Å². The molecule has 0 amide bonds. The fourth-order valence-electron chi connectivity index (χ4n) is 2.12. The highest BCUT2D eigenvalue weighted by Gasteiger charge is 2.11. The summed E-state index contributed by atoms with van der Waals surface area (Å²) in [7, 11) is 1.56. The molecule has 0 saturated carbocycles. The molecule has 0 aliphatic heterocycles. The molecule has 21 heavy (non-hydrogen) atoms. The predicted molar refractivity (Wildman–Crippen MR) is 78.6 cm³/mol. The summed E-state index contributed by atoms with van der Waals surface area (Å²) in [6.07, 6.45) is 0. The Morgan fingerprint density at radius 2 is 1.90 bits per heavy atom. The van der Waals surface area contributed by atoms with Gasteiger partial charge in [-0.1, -0.05) is 0 Å². The largest absolute Gasteiger partial charge is 0.494 e. The van der Waals surface area contributed by atoms with Crippen LogP contribution in [0.4, 0.5) is 0 Å². The molecule has 1 aromatic carbocycles. The molecule has 0 radical (unpaired) electrons. The van der Waals surface area contributed by atoms with Crippen molar-refractivity contribution in [1.29, 1.82) is 0 Å². The quantitative estimate of drug-likeness (QED) is 0.751. The summed E-state index contributed by atoms with van der Waals surface area (Å²) in [5.74, 6) is 1.29. The van der Waals surface area contributed by atoms with Crippen LogP contribution in [0.2, 0.25) is 0 Å². The highest BCUT2D eigenvalue weighted by atomic mass is 16.5. The average molecular weight is 286 g/mol. The molecule has 7 nitrogen and oxygen atoms in total. The van der Waals surface area contributed by atoms with Crippen LogP contribution in [0.3, 0.4) is 0 Å². The molecule has 108 valence electrons. The molecule has 0 aliphatic rings. The van der Waals surface area contributed by atoms with Gasteiger partial charge in [-0.3, -0.25) is 14.3 Å². The van der Waals surface area contributed by atoms with Crippen molar-refractivity contribution in [2.45, 2.75) is 6.92 Å². The Kier molecular flexibility index (Phi) is 3.09. The van der Waals surface area contributed by atoms with E-state index in [1.54, 1.807) is 7.05 Å². The first-order valence-corrected chi connectivity index (χ1v) is 6.52. The number of rotatable bonds is 3. The Hall–Kier alpha value is -2.83. The SMILES string of the molecule is CCOc1ccc(-c2nc3c([nH]2)c(=O)[nH]c(=O)n3C)cc1. The zero-order valence-electron chi connectivity index (χ0n) is 11.6. The lowest BCUT2D eigenvalue weighted by molar-refractivity contribution is 0.340. The van der Waals surface area contributed by atoms with Gasteiger partial charge < -0.3 is 9.72 Å². The Bertz CT molecular complexity index is 903. The molecule has 0 atom stereocenters. The topological polar surface area (TPSA) is 92.8 Å². The number of aromatic nitrogens is 4. The first-order valence-electron chi connectivity index (χ1n) is 6.52. The minimum atomic E-state index is -0.489. The maximum Gasteiger partial charge on any atom is 0.329 e. The lowest BCUT2D eigenvalue weighted by atomic mass is 10.2. The van der Waals surface area contributed by atoms with E-state index in [0.717, 1.165) is 11.3 Å². The standard InChI is InChI=1S/C14H14N4O3/c1-3-21-9-6-4-8(5-7-9)11-15-10-12(16-11)18(2)14(20)17-13(10)19/h4-7H,3H2,1-2H3,(H,15,16)(H,17,19,20). The summed E-state index contributed by atoms with van der Waals surface area (Å²) in [6, 6.07) is 7.34. The number of ether oxygens (including phenoxy) is 1. The van der Waals surface area contributed by atoms with E-state index >= 15 is 0 Å². The Balaban J connectivity index is 2.13. The Morgan fingerprint density at radius 1 is 1.19 bits per heavy atom. The molecule has 0 bridgehead atoms. The fraction of sp³-hybridized carbons (Fsp3) is 0.214. The van der Waals surface area contributed by atoms with Gasteiger partial charge in [-0.25, -0.2) is 9.78 Å². The van der Waals surface area contributed by atoms with Gasteiger partial charge in [0.15, 0.2) is 5.65 Å². The van der Waals surface area contributed by atoms with Crippen LogP contribution < -0.4 is 16.0 Å². The fourth-order valence-corrected chi connectivity index (χ4v) is 2.12. The molecule has 2 aromatic heterocycles. The molecule has 0 fully saturated rings. The van der Waals surface area contributed by atoms with Crippen molar-refractivity contribution >= 4 is 11.2 Å². The van der Waals surface area contributed by atoms with Crippen LogP contribution in [-0.4, -0.2) is 26.1 Å². The molecule has 0 aliphatic carbocycles. The van der Waals surface area contributed by atoms with E-state index in [0.29, 0.717) is 18.1 Å². The average Bonchev–Trinajstić information content (AvgIpc) is 2.92. The van der Waals surface area contributed by atoms with Crippen LogP contribution in [0.5, 0.6) is 5.75 Å². The van der Waals surface area contributed by atoms with Crippen molar-refractivity contribution in [2.75, 3.05) is 6.61 Å². The lowest BCUT2D eigenvalue weighted by Gasteiger charge is -2.02. The second-order valence-electron chi connectivity index (χ2n) is 4.56. The van der Waals surface area contributed by atoms with Gasteiger partial charge in [-0.15, -0.1) is 0 Å². The third-order valence-electron chi connectivity index (χ3n) is 3.19. The normalized spacial score (nSPS) is 11.0. The first-order chi connectivity index (χ1) is 10.1. The number of nitrogens with one attached hydrogen (secondary N) is 2. The number of fused-ring (bicyclic) bond motifs is 1. The van der Waals surface area contributed by atoms with E-state index in [9.17, 15) is 9.59 Å². The molecule has 7 heteroatoms. The lowest BCUT2D eigenvalue weighted by Crippen LogP contribution is -2.28. The van der Waals surface area contributed by atoms with E-state index in [1.807, 2.05) is 31.2 Å². The van der Waals surface area contributed by atoms with Crippen molar-refractivity contribution < 1.29 is 4.74 Å². The van der Waals surface area contributed by atoms with Crippen LogP contribution in [-0.2, 0) is 7.05 Å². The zero-order chi connectivity index (χ0) is 15.0. The third-order valence-corrected chi connectivity index (χ3v) is 3.19.